The van der Waals surface area contributed by atoms with Gasteiger partial charge in [-0.15, -0.1) is 0 Å². The van der Waals surface area contributed by atoms with Crippen molar-refractivity contribution in [1.29, 1.82) is 0 Å². The number of nitrogens with one attached hydrogen (secondary N) is 1. The van der Waals surface area contributed by atoms with E-state index in [2.05, 4.69) is 27.9 Å². The first-order valence-corrected chi connectivity index (χ1v) is 7.31. The smallest absolute Gasteiger partial charge is 0.255 e. The summed E-state index contributed by atoms with van der Waals surface area (Å²) in [6.07, 6.45) is 0. The topological polar surface area (TPSA) is 64.4 Å². The van der Waals surface area contributed by atoms with Crippen LogP contribution in [0, 0.1) is 9.39 Å². The van der Waals surface area contributed by atoms with Crippen LogP contribution in [-0.4, -0.2) is 12.5 Å². The molecule has 0 unspecified atom stereocenters. The first-order valence-electron chi connectivity index (χ1n) is 6.23. The van der Waals surface area contributed by atoms with Crippen LogP contribution in [0.15, 0.2) is 42.5 Å². The van der Waals surface area contributed by atoms with Gasteiger partial charge in [0.05, 0.1) is 0 Å². The van der Waals surface area contributed by atoms with E-state index < -0.39 is 5.91 Å². The van der Waals surface area contributed by atoms with Gasteiger partial charge in [0.15, 0.2) is 6.61 Å². The van der Waals surface area contributed by atoms with Crippen molar-refractivity contribution in [2.75, 3.05) is 11.9 Å². The maximum absolute atomic E-state index is 13.0. The third-order valence-electron chi connectivity index (χ3n) is 2.72. The van der Waals surface area contributed by atoms with Crippen molar-refractivity contribution >= 4 is 34.2 Å². The Morgan fingerprint density at radius 2 is 1.95 bits per heavy atom. The molecule has 110 valence electrons. The van der Waals surface area contributed by atoms with Crippen molar-refractivity contribution in [1.82, 2.24) is 0 Å². The lowest BCUT2D eigenvalue weighted by Crippen LogP contribution is -2.19. The molecule has 0 radical (unpaired) electrons. The lowest BCUT2D eigenvalue weighted by molar-refractivity contribution is -0.119. The number of halogens is 2. The summed E-state index contributed by atoms with van der Waals surface area (Å²) >= 11 is 2.08. The third kappa shape index (κ3) is 4.89. The van der Waals surface area contributed by atoms with Gasteiger partial charge < -0.3 is 15.8 Å². The number of nitrogens with two attached hydrogens (primary N) is 1. The summed E-state index contributed by atoms with van der Waals surface area (Å²) in [5, 5.41) is 3.24. The highest BCUT2D eigenvalue weighted by Gasteiger charge is 2.02. The Hall–Kier alpha value is -1.83. The summed E-state index contributed by atoms with van der Waals surface area (Å²) in [5.41, 5.74) is 6.93. The lowest BCUT2D eigenvalue weighted by atomic mass is 10.2. The van der Waals surface area contributed by atoms with E-state index in [4.69, 9.17) is 10.5 Å². The molecule has 0 saturated heterocycles. The monoisotopic (exact) mass is 400 g/mol. The molecule has 6 heteroatoms. The molecule has 0 fully saturated rings. The molecule has 2 aromatic rings. The number of carbonyl (C=O) groups is 1. The second-order valence-corrected chi connectivity index (χ2v) is 5.54. The third-order valence-corrected chi connectivity index (χ3v) is 3.61. The Labute approximate surface area is 135 Å². The fourth-order valence-electron chi connectivity index (χ4n) is 1.69. The highest BCUT2D eigenvalue weighted by atomic mass is 127. The Kier molecular flexibility index (Phi) is 5.38. The number of benzene rings is 2. The van der Waals surface area contributed by atoms with Crippen LogP contribution >= 0.6 is 22.6 Å². The second kappa shape index (κ2) is 7.26. The number of ether oxygens (including phenoxy) is 1. The molecule has 2 aromatic carbocycles. The minimum absolute atomic E-state index is 0.134. The normalized spacial score (nSPS) is 10.2. The SMILES string of the molecule is NC(=O)COc1ccc(CNc2ccc(F)cc2I)cc1. The first-order chi connectivity index (χ1) is 10.0. The average molecular weight is 400 g/mol. The number of amides is 1. The van der Waals surface area contributed by atoms with Crippen molar-refractivity contribution in [3.05, 3.63) is 57.4 Å². The van der Waals surface area contributed by atoms with E-state index in [1.807, 2.05) is 12.1 Å². The Balaban J connectivity index is 1.92. The van der Waals surface area contributed by atoms with Crippen LogP contribution in [0.3, 0.4) is 0 Å². The van der Waals surface area contributed by atoms with Crippen LogP contribution in [-0.2, 0) is 11.3 Å². The van der Waals surface area contributed by atoms with Crippen molar-refractivity contribution in [2.45, 2.75) is 6.54 Å². The fraction of sp³-hybridized carbons (Fsp3) is 0.133. The minimum atomic E-state index is -0.508. The summed E-state index contributed by atoms with van der Waals surface area (Å²) < 4.78 is 19.0. The fourth-order valence-corrected chi connectivity index (χ4v) is 2.36. The molecule has 0 atom stereocenters. The van der Waals surface area contributed by atoms with Gasteiger partial charge >= 0.3 is 0 Å². The molecule has 0 saturated carbocycles. The molecular weight excluding hydrogens is 386 g/mol. The van der Waals surface area contributed by atoms with Crippen LogP contribution < -0.4 is 15.8 Å². The maximum atomic E-state index is 13.0. The molecule has 0 spiro atoms. The largest absolute Gasteiger partial charge is 0.484 e. The van der Waals surface area contributed by atoms with Gasteiger partial charge in [-0.3, -0.25) is 4.79 Å². The van der Waals surface area contributed by atoms with E-state index >= 15 is 0 Å². The van der Waals surface area contributed by atoms with Crippen LogP contribution in [0.5, 0.6) is 5.75 Å². The average Bonchev–Trinajstić information content (AvgIpc) is 2.45. The number of carbonyl (C=O) groups excluding carboxylic acids is 1. The summed E-state index contributed by atoms with van der Waals surface area (Å²) in [6, 6.07) is 11.9. The zero-order valence-electron chi connectivity index (χ0n) is 11.1. The molecule has 0 aromatic heterocycles. The quantitative estimate of drug-likeness (QED) is 0.734. The zero-order valence-corrected chi connectivity index (χ0v) is 13.3. The molecule has 0 aliphatic heterocycles. The lowest BCUT2D eigenvalue weighted by Gasteiger charge is -2.09. The number of hydrogen-bond acceptors (Lipinski definition) is 3. The number of primary amides is 1. The van der Waals surface area contributed by atoms with E-state index in [1.165, 1.54) is 12.1 Å². The molecule has 0 aliphatic carbocycles. The van der Waals surface area contributed by atoms with Gasteiger partial charge in [-0.05, 0) is 58.5 Å². The molecule has 1 amide bonds. The van der Waals surface area contributed by atoms with Crippen molar-refractivity contribution in [3.8, 4) is 5.75 Å². The van der Waals surface area contributed by atoms with Gasteiger partial charge in [0.25, 0.3) is 5.91 Å². The molecule has 0 aliphatic rings. The number of anilines is 1. The number of rotatable bonds is 6. The van der Waals surface area contributed by atoms with Crippen molar-refractivity contribution < 1.29 is 13.9 Å². The molecule has 21 heavy (non-hydrogen) atoms. The van der Waals surface area contributed by atoms with Crippen molar-refractivity contribution in [3.63, 3.8) is 0 Å². The Bertz CT molecular complexity index is 632. The summed E-state index contributed by atoms with van der Waals surface area (Å²) in [5.74, 6) is -0.165. The summed E-state index contributed by atoms with van der Waals surface area (Å²) in [4.78, 5) is 10.6. The Morgan fingerprint density at radius 3 is 2.57 bits per heavy atom. The predicted molar refractivity (Wildman–Crippen MR) is 87.6 cm³/mol. The molecule has 3 N–H and O–H groups in total. The number of hydrogen-bond donors (Lipinski definition) is 2. The first kappa shape index (κ1) is 15.6. The molecule has 0 heterocycles. The highest BCUT2D eigenvalue weighted by Crippen LogP contribution is 2.20. The summed E-state index contributed by atoms with van der Waals surface area (Å²) in [7, 11) is 0. The van der Waals surface area contributed by atoms with Gasteiger partial charge in [-0.2, -0.15) is 0 Å². The molecule has 4 nitrogen and oxygen atoms in total. The zero-order chi connectivity index (χ0) is 15.2. The van der Waals surface area contributed by atoms with Gasteiger partial charge in [0.2, 0.25) is 0 Å². The van der Waals surface area contributed by atoms with E-state index in [1.54, 1.807) is 18.2 Å². The molecular formula is C15H14FIN2O2. The molecule has 2 rings (SSSR count). The van der Waals surface area contributed by atoms with Gasteiger partial charge in [0, 0.05) is 15.8 Å². The van der Waals surface area contributed by atoms with Crippen molar-refractivity contribution in [2.24, 2.45) is 5.73 Å². The van der Waals surface area contributed by atoms with E-state index in [-0.39, 0.29) is 12.4 Å². The predicted octanol–water partition coefficient (Wildman–Crippen LogP) is 2.91. The second-order valence-electron chi connectivity index (χ2n) is 4.38. The maximum Gasteiger partial charge on any atom is 0.255 e. The van der Waals surface area contributed by atoms with Gasteiger partial charge in [-0.1, -0.05) is 12.1 Å². The minimum Gasteiger partial charge on any atom is -0.484 e. The van der Waals surface area contributed by atoms with Crippen LogP contribution in [0.25, 0.3) is 0 Å². The van der Waals surface area contributed by atoms with E-state index in [9.17, 15) is 9.18 Å². The van der Waals surface area contributed by atoms with Crippen LogP contribution in [0.2, 0.25) is 0 Å². The van der Waals surface area contributed by atoms with Gasteiger partial charge in [-0.25, -0.2) is 4.39 Å². The standard InChI is InChI=1S/C15H14FIN2O2/c16-11-3-6-14(13(17)7-11)19-8-10-1-4-12(5-2-10)21-9-15(18)20/h1-7,19H,8-9H2,(H2,18,20). The summed E-state index contributed by atoms with van der Waals surface area (Å²) in [6.45, 7) is 0.475. The molecule has 0 bridgehead atoms. The van der Waals surface area contributed by atoms with Crippen LogP contribution in [0.4, 0.5) is 10.1 Å². The van der Waals surface area contributed by atoms with E-state index in [0.29, 0.717) is 12.3 Å². The highest BCUT2D eigenvalue weighted by molar-refractivity contribution is 14.1. The van der Waals surface area contributed by atoms with Crippen LogP contribution in [0.1, 0.15) is 5.56 Å². The van der Waals surface area contributed by atoms with E-state index in [0.717, 1.165) is 14.8 Å². The Morgan fingerprint density at radius 1 is 1.24 bits per heavy atom. The van der Waals surface area contributed by atoms with Gasteiger partial charge in [0.1, 0.15) is 11.6 Å².